The van der Waals surface area contributed by atoms with Crippen LogP contribution in [0.4, 0.5) is 16.2 Å². The van der Waals surface area contributed by atoms with Crippen LogP contribution in [-0.4, -0.2) is 20.1 Å². The number of benzene rings is 2. The van der Waals surface area contributed by atoms with Crippen LogP contribution < -0.4 is 10.0 Å². The number of hydrogen-bond donors (Lipinski definition) is 2. The largest absolute Gasteiger partial charge is 0.444 e. The van der Waals surface area contributed by atoms with Gasteiger partial charge in [-0.05, 0) is 64.1 Å². The van der Waals surface area contributed by atoms with Gasteiger partial charge in [0.1, 0.15) is 5.60 Å². The van der Waals surface area contributed by atoms with Gasteiger partial charge in [-0.25, -0.2) is 13.2 Å². The average Bonchev–Trinajstić information content (AvgIpc) is 2.47. The summed E-state index contributed by atoms with van der Waals surface area (Å²) in [5.41, 5.74) is 1.30. The highest BCUT2D eigenvalue weighted by Crippen LogP contribution is 2.19. The maximum absolute atomic E-state index is 12.3. The summed E-state index contributed by atoms with van der Waals surface area (Å²) in [6, 6.07) is 12.9. The molecule has 0 aliphatic heterocycles. The lowest BCUT2D eigenvalue weighted by Crippen LogP contribution is -2.27. The van der Waals surface area contributed by atoms with E-state index in [2.05, 4.69) is 10.0 Å². The lowest BCUT2D eigenvalue weighted by atomic mass is 10.2. The van der Waals surface area contributed by atoms with Crippen molar-refractivity contribution in [2.75, 3.05) is 10.0 Å². The molecule has 0 aromatic heterocycles. The van der Waals surface area contributed by atoms with Crippen molar-refractivity contribution in [2.24, 2.45) is 0 Å². The molecule has 0 atom stereocenters. The van der Waals surface area contributed by atoms with Gasteiger partial charge >= 0.3 is 6.09 Å². The van der Waals surface area contributed by atoms with Crippen LogP contribution in [0.1, 0.15) is 26.3 Å². The van der Waals surface area contributed by atoms with Crippen molar-refractivity contribution in [1.29, 1.82) is 0 Å². The van der Waals surface area contributed by atoms with E-state index in [0.29, 0.717) is 11.4 Å². The molecule has 0 fully saturated rings. The van der Waals surface area contributed by atoms with Crippen LogP contribution in [0.5, 0.6) is 0 Å². The van der Waals surface area contributed by atoms with Gasteiger partial charge in [0.25, 0.3) is 10.0 Å². The van der Waals surface area contributed by atoms with Gasteiger partial charge in [-0.3, -0.25) is 10.0 Å². The van der Waals surface area contributed by atoms with Crippen molar-refractivity contribution in [1.82, 2.24) is 0 Å². The number of anilines is 2. The first-order chi connectivity index (χ1) is 11.5. The molecule has 2 aromatic carbocycles. The highest BCUT2D eigenvalue weighted by atomic mass is 32.2. The molecule has 2 rings (SSSR count). The average molecular weight is 362 g/mol. The van der Waals surface area contributed by atoms with E-state index in [9.17, 15) is 13.2 Å². The maximum atomic E-state index is 12.3. The Morgan fingerprint density at radius 1 is 0.920 bits per heavy atom. The predicted molar refractivity (Wildman–Crippen MR) is 98.3 cm³/mol. The molecule has 6 nitrogen and oxygen atoms in total. The Morgan fingerprint density at radius 3 is 1.96 bits per heavy atom. The molecule has 0 aliphatic carbocycles. The van der Waals surface area contributed by atoms with Gasteiger partial charge in [0, 0.05) is 11.4 Å². The third-order valence-electron chi connectivity index (χ3n) is 3.11. The summed E-state index contributed by atoms with van der Waals surface area (Å²) in [6.07, 6.45) is -0.569. The van der Waals surface area contributed by atoms with Crippen molar-refractivity contribution in [2.45, 2.75) is 38.2 Å². The summed E-state index contributed by atoms with van der Waals surface area (Å²) < 4.78 is 32.3. The fraction of sp³-hybridized carbons (Fsp3) is 0.278. The summed E-state index contributed by atoms with van der Waals surface area (Å²) >= 11 is 0. The molecule has 0 unspecified atom stereocenters. The second-order valence-corrected chi connectivity index (χ2v) is 8.31. The second-order valence-electron chi connectivity index (χ2n) is 6.62. The Balaban J connectivity index is 2.05. The van der Waals surface area contributed by atoms with Gasteiger partial charge in [0.2, 0.25) is 0 Å². The fourth-order valence-electron chi connectivity index (χ4n) is 1.97. The summed E-state index contributed by atoms with van der Waals surface area (Å²) in [4.78, 5) is 11.9. The number of nitrogens with one attached hydrogen (secondary N) is 2. The highest BCUT2D eigenvalue weighted by molar-refractivity contribution is 7.92. The van der Waals surface area contributed by atoms with Gasteiger partial charge < -0.3 is 4.74 Å². The van der Waals surface area contributed by atoms with Gasteiger partial charge in [0.15, 0.2) is 0 Å². The van der Waals surface area contributed by atoms with Gasteiger partial charge in [-0.1, -0.05) is 17.7 Å². The number of amides is 1. The van der Waals surface area contributed by atoms with E-state index in [4.69, 9.17) is 4.74 Å². The Morgan fingerprint density at radius 2 is 1.44 bits per heavy atom. The Hall–Kier alpha value is -2.54. The van der Waals surface area contributed by atoms with E-state index < -0.39 is 21.7 Å². The van der Waals surface area contributed by atoms with Crippen LogP contribution in [0.25, 0.3) is 0 Å². The number of rotatable bonds is 4. The lowest BCUT2D eigenvalue weighted by molar-refractivity contribution is 0.0636. The summed E-state index contributed by atoms with van der Waals surface area (Å²) in [5, 5.41) is 2.59. The van der Waals surface area contributed by atoms with Crippen LogP contribution in [0.2, 0.25) is 0 Å². The molecule has 0 heterocycles. The minimum atomic E-state index is -3.65. The number of ether oxygens (including phenoxy) is 1. The molecule has 1 amide bonds. The van der Waals surface area contributed by atoms with Crippen molar-refractivity contribution < 1.29 is 17.9 Å². The fourth-order valence-corrected chi connectivity index (χ4v) is 3.03. The summed E-state index contributed by atoms with van der Waals surface area (Å²) in [7, 11) is -3.65. The molecule has 0 saturated heterocycles. The highest BCUT2D eigenvalue weighted by Gasteiger charge is 2.17. The molecular weight excluding hydrogens is 340 g/mol. The number of aryl methyl sites for hydroxylation is 1. The minimum Gasteiger partial charge on any atom is -0.444 e. The first kappa shape index (κ1) is 18.8. The topological polar surface area (TPSA) is 84.5 Å². The van der Waals surface area contributed by atoms with Gasteiger partial charge in [-0.15, -0.1) is 0 Å². The third-order valence-corrected chi connectivity index (χ3v) is 4.51. The smallest absolute Gasteiger partial charge is 0.412 e. The molecule has 0 radical (unpaired) electrons. The Bertz CT molecular complexity index is 836. The quantitative estimate of drug-likeness (QED) is 0.856. The zero-order chi connectivity index (χ0) is 18.7. The van der Waals surface area contributed by atoms with Crippen LogP contribution in [-0.2, 0) is 14.8 Å². The first-order valence-electron chi connectivity index (χ1n) is 7.75. The third kappa shape index (κ3) is 5.79. The zero-order valence-electron chi connectivity index (χ0n) is 14.7. The maximum Gasteiger partial charge on any atom is 0.412 e. The van der Waals surface area contributed by atoms with Crippen molar-refractivity contribution in [3.8, 4) is 0 Å². The van der Waals surface area contributed by atoms with Gasteiger partial charge in [-0.2, -0.15) is 0 Å². The van der Waals surface area contributed by atoms with Gasteiger partial charge in [0.05, 0.1) is 4.90 Å². The van der Waals surface area contributed by atoms with E-state index >= 15 is 0 Å². The molecule has 7 heteroatoms. The minimum absolute atomic E-state index is 0.189. The molecule has 0 saturated carbocycles. The second kappa shape index (κ2) is 7.14. The van der Waals surface area contributed by atoms with E-state index in [1.807, 2.05) is 6.92 Å². The van der Waals surface area contributed by atoms with Crippen LogP contribution >= 0.6 is 0 Å². The van der Waals surface area contributed by atoms with Crippen molar-refractivity contribution in [3.63, 3.8) is 0 Å². The van der Waals surface area contributed by atoms with Crippen molar-refractivity contribution >= 4 is 27.5 Å². The first-order valence-corrected chi connectivity index (χ1v) is 9.23. The molecular formula is C18H22N2O4S. The summed E-state index contributed by atoms with van der Waals surface area (Å²) in [6.45, 7) is 7.21. The Kier molecular flexibility index (Phi) is 5.37. The number of sulfonamides is 1. The van der Waals surface area contributed by atoms with Crippen molar-refractivity contribution in [3.05, 3.63) is 54.1 Å². The number of carbonyl (C=O) groups excluding carboxylic acids is 1. The van der Waals surface area contributed by atoms with E-state index in [1.165, 1.54) is 0 Å². The SMILES string of the molecule is Cc1ccc(S(=O)(=O)Nc2ccc(NC(=O)OC(C)(C)C)cc2)cc1. The number of carbonyl (C=O) groups is 1. The Labute approximate surface area is 148 Å². The molecule has 25 heavy (non-hydrogen) atoms. The predicted octanol–water partition coefficient (Wildman–Crippen LogP) is 4.14. The van der Waals surface area contributed by atoms with Crippen LogP contribution in [0.15, 0.2) is 53.4 Å². The van der Waals surface area contributed by atoms with Crippen LogP contribution in [0, 0.1) is 6.92 Å². The number of hydrogen-bond acceptors (Lipinski definition) is 4. The van der Waals surface area contributed by atoms with E-state index in [1.54, 1.807) is 69.3 Å². The standard InChI is InChI=1S/C18H22N2O4S/c1-13-5-11-16(12-6-13)25(22,23)20-15-9-7-14(8-10-15)19-17(21)24-18(2,3)4/h5-12,20H,1-4H3,(H,19,21). The van der Waals surface area contributed by atoms with E-state index in [-0.39, 0.29) is 4.90 Å². The molecule has 0 spiro atoms. The molecule has 0 bridgehead atoms. The van der Waals surface area contributed by atoms with Crippen LogP contribution in [0.3, 0.4) is 0 Å². The normalized spacial score (nSPS) is 11.7. The molecule has 134 valence electrons. The summed E-state index contributed by atoms with van der Waals surface area (Å²) in [5.74, 6) is 0. The molecule has 2 N–H and O–H groups in total. The molecule has 2 aromatic rings. The van der Waals surface area contributed by atoms with E-state index in [0.717, 1.165) is 5.56 Å². The zero-order valence-corrected chi connectivity index (χ0v) is 15.5. The molecule has 0 aliphatic rings. The monoisotopic (exact) mass is 362 g/mol. The lowest BCUT2D eigenvalue weighted by Gasteiger charge is -2.19.